The van der Waals surface area contributed by atoms with Crippen molar-refractivity contribution in [1.29, 1.82) is 0 Å². The van der Waals surface area contributed by atoms with E-state index in [1.54, 1.807) is 0 Å². The van der Waals surface area contributed by atoms with Gasteiger partial charge in [0.05, 0.1) is 11.4 Å². The van der Waals surface area contributed by atoms with Crippen LogP contribution in [-0.2, 0) is 17.8 Å². The van der Waals surface area contributed by atoms with E-state index < -0.39 is 0 Å². The maximum Gasteiger partial charge on any atom is 0.160 e. The number of nitrogens with zero attached hydrogens (tertiary/aromatic N) is 5. The molecule has 182 valence electrons. The third-order valence-electron chi connectivity index (χ3n) is 7.43. The Morgan fingerprint density at radius 2 is 1.91 bits per heavy atom. The molecule has 2 saturated heterocycles. The van der Waals surface area contributed by atoms with Gasteiger partial charge in [-0.1, -0.05) is 23.7 Å². The van der Waals surface area contributed by atoms with Gasteiger partial charge in [0.2, 0.25) is 0 Å². The Morgan fingerprint density at radius 3 is 2.71 bits per heavy atom. The fraction of sp³-hybridized carbons (Fsp3) is 0.556. The highest BCUT2D eigenvalue weighted by atomic mass is 35.5. The van der Waals surface area contributed by atoms with Crippen LogP contribution in [0.2, 0.25) is 5.02 Å². The van der Waals surface area contributed by atoms with Gasteiger partial charge in [-0.25, -0.2) is 9.50 Å². The van der Waals surface area contributed by atoms with E-state index in [0.717, 1.165) is 81.1 Å². The lowest BCUT2D eigenvalue weighted by atomic mass is 9.94. The van der Waals surface area contributed by atoms with Gasteiger partial charge in [-0.3, -0.25) is 4.90 Å². The molecule has 5 rings (SSSR count). The van der Waals surface area contributed by atoms with Gasteiger partial charge in [0, 0.05) is 62.1 Å². The third-order valence-corrected chi connectivity index (χ3v) is 7.68. The van der Waals surface area contributed by atoms with Crippen molar-refractivity contribution in [2.75, 3.05) is 39.9 Å². The highest BCUT2D eigenvalue weighted by molar-refractivity contribution is 6.30. The van der Waals surface area contributed by atoms with Crippen LogP contribution in [-0.4, -0.2) is 64.3 Å². The first-order valence-electron chi connectivity index (χ1n) is 12.6. The van der Waals surface area contributed by atoms with Crippen LogP contribution >= 0.6 is 11.6 Å². The number of benzene rings is 1. The predicted molar refractivity (Wildman–Crippen MR) is 136 cm³/mol. The Hall–Kier alpha value is -1.99. The smallest absolute Gasteiger partial charge is 0.160 e. The summed E-state index contributed by atoms with van der Waals surface area (Å²) in [5.74, 6) is 1.18. The Bertz CT molecular complexity index is 1090. The lowest BCUT2D eigenvalue weighted by Gasteiger charge is -2.33. The first-order chi connectivity index (χ1) is 16.6. The maximum atomic E-state index is 6.07. The molecule has 34 heavy (non-hydrogen) atoms. The van der Waals surface area contributed by atoms with Crippen molar-refractivity contribution in [3.05, 3.63) is 64.1 Å². The number of fused-ring (bicyclic) bond motifs is 1. The molecule has 0 spiro atoms. The van der Waals surface area contributed by atoms with E-state index >= 15 is 0 Å². The number of likely N-dealkylation sites (tertiary alicyclic amines) is 1. The van der Waals surface area contributed by atoms with Gasteiger partial charge < -0.3 is 9.64 Å². The van der Waals surface area contributed by atoms with Crippen molar-refractivity contribution in [3.63, 3.8) is 0 Å². The van der Waals surface area contributed by atoms with E-state index in [1.165, 1.54) is 29.7 Å². The van der Waals surface area contributed by atoms with Crippen LogP contribution in [0.15, 0.2) is 36.5 Å². The van der Waals surface area contributed by atoms with E-state index in [9.17, 15) is 0 Å². The minimum atomic E-state index is 0.457. The molecule has 0 N–H and O–H groups in total. The summed E-state index contributed by atoms with van der Waals surface area (Å²) in [5.41, 5.74) is 5.96. The van der Waals surface area contributed by atoms with E-state index in [2.05, 4.69) is 46.5 Å². The zero-order chi connectivity index (χ0) is 23.5. The molecule has 0 bridgehead atoms. The van der Waals surface area contributed by atoms with Crippen molar-refractivity contribution >= 4 is 17.2 Å². The lowest BCUT2D eigenvalue weighted by molar-refractivity contribution is 0.0550. The normalized spacial score (nSPS) is 20.4. The second kappa shape index (κ2) is 10.7. The molecule has 6 nitrogen and oxygen atoms in total. The summed E-state index contributed by atoms with van der Waals surface area (Å²) < 4.78 is 7.66. The van der Waals surface area contributed by atoms with Crippen molar-refractivity contribution in [1.82, 2.24) is 24.4 Å². The molecular weight excluding hydrogens is 446 g/mol. The van der Waals surface area contributed by atoms with Crippen LogP contribution in [0.25, 0.3) is 5.65 Å². The molecule has 0 saturated carbocycles. The second-order valence-corrected chi connectivity index (χ2v) is 10.6. The van der Waals surface area contributed by atoms with Gasteiger partial charge in [0.1, 0.15) is 0 Å². The molecule has 4 heterocycles. The topological polar surface area (TPSA) is 45.9 Å². The second-order valence-electron chi connectivity index (χ2n) is 10.1. The fourth-order valence-electron chi connectivity index (χ4n) is 5.60. The summed E-state index contributed by atoms with van der Waals surface area (Å²) in [4.78, 5) is 9.77. The minimum Gasteiger partial charge on any atom is -0.381 e. The lowest BCUT2D eigenvalue weighted by Crippen LogP contribution is -2.34. The molecular formula is C27H36ClN5O. The Morgan fingerprint density at radius 1 is 1.12 bits per heavy atom. The molecule has 0 radical (unpaired) electrons. The summed E-state index contributed by atoms with van der Waals surface area (Å²) in [7, 11) is 2.22. The molecule has 0 aliphatic carbocycles. The van der Waals surface area contributed by atoms with Gasteiger partial charge in [-0.05, 0) is 75.9 Å². The average Bonchev–Trinajstić information content (AvgIpc) is 3.16. The Labute approximate surface area is 207 Å². The molecule has 2 fully saturated rings. The van der Waals surface area contributed by atoms with Crippen molar-refractivity contribution in [2.24, 2.45) is 5.92 Å². The predicted octanol–water partition coefficient (Wildman–Crippen LogP) is 4.93. The monoisotopic (exact) mass is 481 g/mol. The highest BCUT2D eigenvalue weighted by Crippen LogP contribution is 2.29. The van der Waals surface area contributed by atoms with Gasteiger partial charge in [-0.2, -0.15) is 5.10 Å². The van der Waals surface area contributed by atoms with Crippen LogP contribution < -0.4 is 0 Å². The van der Waals surface area contributed by atoms with Crippen molar-refractivity contribution in [3.8, 4) is 0 Å². The SMILES string of the molecule is Cc1nn2c(C3CCCN(Cc4ccc(Cl)cc4)C3)ccnc2c1CN(C)CC1CCOCC1. The first-order valence-corrected chi connectivity index (χ1v) is 13.0. The largest absolute Gasteiger partial charge is 0.381 e. The van der Waals surface area contributed by atoms with E-state index in [0.29, 0.717) is 5.92 Å². The highest BCUT2D eigenvalue weighted by Gasteiger charge is 2.25. The third kappa shape index (κ3) is 5.46. The summed E-state index contributed by atoms with van der Waals surface area (Å²) >= 11 is 6.07. The van der Waals surface area contributed by atoms with Crippen molar-refractivity contribution in [2.45, 2.75) is 51.6 Å². The van der Waals surface area contributed by atoms with E-state index in [-0.39, 0.29) is 0 Å². The summed E-state index contributed by atoms with van der Waals surface area (Å²) in [6.07, 6.45) is 6.69. The van der Waals surface area contributed by atoms with Crippen LogP contribution in [0.4, 0.5) is 0 Å². The number of piperidine rings is 1. The Kier molecular flexibility index (Phi) is 7.49. The standard InChI is InChI=1S/C27H36ClN5O/c1-20-25(19-31(2)16-22-10-14-34-15-11-22)27-29-12-9-26(33(27)30-20)23-4-3-13-32(18-23)17-21-5-7-24(28)8-6-21/h5-9,12,22-23H,3-4,10-11,13-19H2,1-2H3. The van der Waals surface area contributed by atoms with Crippen molar-refractivity contribution < 1.29 is 4.74 Å². The number of aromatic nitrogens is 3. The Balaban J connectivity index is 1.31. The molecule has 3 aromatic rings. The number of ether oxygens (including phenoxy) is 1. The van der Waals surface area contributed by atoms with Gasteiger partial charge in [0.15, 0.2) is 5.65 Å². The fourth-order valence-corrected chi connectivity index (χ4v) is 5.73. The van der Waals surface area contributed by atoms with Gasteiger partial charge >= 0.3 is 0 Å². The molecule has 7 heteroatoms. The summed E-state index contributed by atoms with van der Waals surface area (Å²) in [6.45, 7) is 9.04. The summed E-state index contributed by atoms with van der Waals surface area (Å²) in [5, 5.41) is 5.78. The molecule has 2 aromatic heterocycles. The molecule has 0 amide bonds. The summed E-state index contributed by atoms with van der Waals surface area (Å²) in [6, 6.07) is 10.4. The van der Waals surface area contributed by atoms with Gasteiger partial charge in [0.25, 0.3) is 0 Å². The maximum absolute atomic E-state index is 6.07. The molecule has 1 atom stereocenters. The molecule has 2 aliphatic heterocycles. The number of rotatable bonds is 7. The number of hydrogen-bond acceptors (Lipinski definition) is 5. The first kappa shape index (κ1) is 23.7. The van der Waals surface area contributed by atoms with Crippen LogP contribution in [0.5, 0.6) is 0 Å². The number of aryl methyl sites for hydroxylation is 1. The molecule has 1 unspecified atom stereocenters. The zero-order valence-corrected chi connectivity index (χ0v) is 21.2. The van der Waals surface area contributed by atoms with Crippen LogP contribution in [0, 0.1) is 12.8 Å². The molecule has 2 aliphatic rings. The minimum absolute atomic E-state index is 0.457. The zero-order valence-electron chi connectivity index (χ0n) is 20.4. The molecule has 1 aromatic carbocycles. The van der Waals surface area contributed by atoms with Crippen LogP contribution in [0.3, 0.4) is 0 Å². The number of hydrogen-bond donors (Lipinski definition) is 0. The number of halogens is 1. The van der Waals surface area contributed by atoms with Crippen LogP contribution in [0.1, 0.15) is 54.1 Å². The van der Waals surface area contributed by atoms with Gasteiger partial charge in [-0.15, -0.1) is 0 Å². The van der Waals surface area contributed by atoms with E-state index in [4.69, 9.17) is 26.4 Å². The van der Waals surface area contributed by atoms with E-state index in [1.807, 2.05) is 18.3 Å². The average molecular weight is 482 g/mol. The quantitative estimate of drug-likeness (QED) is 0.479.